The van der Waals surface area contributed by atoms with Crippen LogP contribution in [-0.4, -0.2) is 70.5 Å². The number of nitrogens with zero attached hydrogens (tertiary/aromatic N) is 3. The first-order chi connectivity index (χ1) is 16.0. The Labute approximate surface area is 195 Å². The molecule has 2 heterocycles. The zero-order chi connectivity index (χ0) is 23.4. The van der Waals surface area contributed by atoms with Crippen LogP contribution in [0.25, 0.3) is 0 Å². The van der Waals surface area contributed by atoms with Crippen molar-refractivity contribution in [2.24, 2.45) is 0 Å². The number of aromatic nitrogens is 1. The Morgan fingerprint density at radius 1 is 0.909 bits per heavy atom. The molecule has 0 saturated carbocycles. The summed E-state index contributed by atoms with van der Waals surface area (Å²) in [7, 11) is 0. The number of piperazine rings is 1. The summed E-state index contributed by atoms with van der Waals surface area (Å²) >= 11 is 0. The standard InChI is InChI=1S/C27H31N3O3/c1-20-8-10-23(11-9-20)26(32)24-21(2)18-30(19-22-6-4-3-5-7-22)25(24)27(33)29-14-12-28(13-15-29)16-17-31/h3-11,18,31H,12-17,19H2,1-2H3. The Balaban J connectivity index is 1.71. The molecular formula is C27H31N3O3. The first-order valence-corrected chi connectivity index (χ1v) is 11.5. The fourth-order valence-corrected chi connectivity index (χ4v) is 4.43. The Bertz CT molecular complexity index is 1110. The van der Waals surface area contributed by atoms with Crippen molar-refractivity contribution in [2.45, 2.75) is 20.4 Å². The molecule has 0 radical (unpaired) electrons. The molecule has 0 atom stereocenters. The molecular weight excluding hydrogens is 414 g/mol. The Morgan fingerprint density at radius 3 is 2.21 bits per heavy atom. The largest absolute Gasteiger partial charge is 0.395 e. The van der Waals surface area contributed by atoms with Gasteiger partial charge in [0.2, 0.25) is 0 Å². The topological polar surface area (TPSA) is 65.8 Å². The van der Waals surface area contributed by atoms with Gasteiger partial charge in [-0.3, -0.25) is 14.5 Å². The highest BCUT2D eigenvalue weighted by atomic mass is 16.3. The van der Waals surface area contributed by atoms with Crippen molar-refractivity contribution < 1.29 is 14.7 Å². The van der Waals surface area contributed by atoms with Crippen LogP contribution in [0.4, 0.5) is 0 Å². The minimum absolute atomic E-state index is 0.113. The number of β-amino-alcohol motifs (C(OH)–C–C–N with tert-alkyl or cyclic N) is 1. The molecule has 1 aliphatic rings. The van der Waals surface area contributed by atoms with Gasteiger partial charge < -0.3 is 14.6 Å². The van der Waals surface area contributed by atoms with Gasteiger partial charge in [-0.15, -0.1) is 0 Å². The number of ketones is 1. The molecule has 1 amide bonds. The van der Waals surface area contributed by atoms with E-state index in [1.165, 1.54) is 0 Å². The summed E-state index contributed by atoms with van der Waals surface area (Å²) in [6, 6.07) is 17.5. The normalized spacial score (nSPS) is 14.5. The lowest BCUT2D eigenvalue weighted by Crippen LogP contribution is -2.49. The second-order valence-corrected chi connectivity index (χ2v) is 8.70. The third-order valence-electron chi connectivity index (χ3n) is 6.28. The van der Waals surface area contributed by atoms with E-state index < -0.39 is 0 Å². The molecule has 6 heteroatoms. The maximum atomic E-state index is 13.8. The molecule has 0 aliphatic carbocycles. The molecule has 0 spiro atoms. The van der Waals surface area contributed by atoms with E-state index in [1.54, 1.807) is 0 Å². The lowest BCUT2D eigenvalue weighted by atomic mass is 9.99. The number of rotatable bonds is 7. The molecule has 1 aromatic heterocycles. The van der Waals surface area contributed by atoms with Crippen molar-refractivity contribution in [3.63, 3.8) is 0 Å². The SMILES string of the molecule is Cc1ccc(C(=O)c2c(C)cn(Cc3ccccc3)c2C(=O)N2CCN(CCO)CC2)cc1. The third-order valence-corrected chi connectivity index (χ3v) is 6.28. The summed E-state index contributed by atoms with van der Waals surface area (Å²) in [6.45, 7) is 7.72. The highest BCUT2D eigenvalue weighted by Gasteiger charge is 2.30. The fourth-order valence-electron chi connectivity index (χ4n) is 4.43. The van der Waals surface area contributed by atoms with Gasteiger partial charge in [-0.25, -0.2) is 0 Å². The highest BCUT2D eigenvalue weighted by Crippen LogP contribution is 2.25. The van der Waals surface area contributed by atoms with E-state index in [-0.39, 0.29) is 18.3 Å². The zero-order valence-electron chi connectivity index (χ0n) is 19.3. The summed E-state index contributed by atoms with van der Waals surface area (Å²) in [6.07, 6.45) is 1.92. The summed E-state index contributed by atoms with van der Waals surface area (Å²) < 4.78 is 1.93. The molecule has 0 bridgehead atoms. The van der Waals surface area contributed by atoms with Gasteiger partial charge in [-0.1, -0.05) is 60.2 Å². The summed E-state index contributed by atoms with van der Waals surface area (Å²) in [5.41, 5.74) is 4.49. The van der Waals surface area contributed by atoms with E-state index >= 15 is 0 Å². The minimum atomic E-state index is -0.124. The van der Waals surface area contributed by atoms with Gasteiger partial charge in [0, 0.05) is 51.0 Å². The number of aliphatic hydroxyl groups is 1. The van der Waals surface area contributed by atoms with E-state index in [0.717, 1.165) is 16.7 Å². The first-order valence-electron chi connectivity index (χ1n) is 11.5. The van der Waals surface area contributed by atoms with Crippen LogP contribution in [-0.2, 0) is 6.54 Å². The van der Waals surface area contributed by atoms with Gasteiger partial charge >= 0.3 is 0 Å². The van der Waals surface area contributed by atoms with Crippen molar-refractivity contribution >= 4 is 11.7 Å². The predicted molar refractivity (Wildman–Crippen MR) is 129 cm³/mol. The number of hydrogen-bond donors (Lipinski definition) is 1. The van der Waals surface area contributed by atoms with Crippen LogP contribution in [0.3, 0.4) is 0 Å². The lowest BCUT2D eigenvalue weighted by Gasteiger charge is -2.34. The number of benzene rings is 2. The molecule has 33 heavy (non-hydrogen) atoms. The molecule has 1 fully saturated rings. The van der Waals surface area contributed by atoms with Crippen molar-refractivity contribution in [3.8, 4) is 0 Å². The van der Waals surface area contributed by atoms with Gasteiger partial charge in [0.15, 0.2) is 5.78 Å². The molecule has 4 rings (SSSR count). The van der Waals surface area contributed by atoms with E-state index in [0.29, 0.717) is 56.1 Å². The number of carbonyl (C=O) groups is 2. The summed E-state index contributed by atoms with van der Waals surface area (Å²) in [5.74, 6) is -0.236. The Hall–Kier alpha value is -3.22. The van der Waals surface area contributed by atoms with Crippen LogP contribution in [0.2, 0.25) is 0 Å². The van der Waals surface area contributed by atoms with Gasteiger partial charge in [-0.05, 0) is 25.0 Å². The minimum Gasteiger partial charge on any atom is -0.395 e. The van der Waals surface area contributed by atoms with Crippen molar-refractivity contribution in [3.05, 3.63) is 94.3 Å². The van der Waals surface area contributed by atoms with Crippen LogP contribution in [0.5, 0.6) is 0 Å². The quantitative estimate of drug-likeness (QED) is 0.568. The molecule has 0 unspecified atom stereocenters. The fraction of sp³-hybridized carbons (Fsp3) is 0.333. The molecule has 3 aromatic rings. The van der Waals surface area contributed by atoms with Crippen molar-refractivity contribution in [1.29, 1.82) is 0 Å². The molecule has 6 nitrogen and oxygen atoms in total. The maximum Gasteiger partial charge on any atom is 0.271 e. The van der Waals surface area contributed by atoms with E-state index in [2.05, 4.69) is 4.90 Å². The molecule has 1 aliphatic heterocycles. The number of amides is 1. The second kappa shape index (κ2) is 10.1. The number of carbonyl (C=O) groups excluding carboxylic acids is 2. The van der Waals surface area contributed by atoms with Crippen LogP contribution < -0.4 is 0 Å². The number of aryl methyl sites for hydroxylation is 2. The first kappa shape index (κ1) is 23.0. The van der Waals surface area contributed by atoms with Gasteiger partial charge in [-0.2, -0.15) is 0 Å². The maximum absolute atomic E-state index is 13.8. The predicted octanol–water partition coefficient (Wildman–Crippen LogP) is 3.13. The van der Waals surface area contributed by atoms with E-state index in [1.807, 2.05) is 84.1 Å². The van der Waals surface area contributed by atoms with Gasteiger partial charge in [0.25, 0.3) is 5.91 Å². The third kappa shape index (κ3) is 5.07. The highest BCUT2D eigenvalue weighted by molar-refractivity contribution is 6.15. The molecule has 172 valence electrons. The second-order valence-electron chi connectivity index (χ2n) is 8.70. The van der Waals surface area contributed by atoms with Crippen LogP contribution >= 0.6 is 0 Å². The van der Waals surface area contributed by atoms with E-state index in [4.69, 9.17) is 0 Å². The van der Waals surface area contributed by atoms with Gasteiger partial charge in [0.1, 0.15) is 5.69 Å². The lowest BCUT2D eigenvalue weighted by molar-refractivity contribution is 0.0602. The number of hydrogen-bond acceptors (Lipinski definition) is 4. The van der Waals surface area contributed by atoms with Gasteiger partial charge in [0.05, 0.1) is 12.2 Å². The zero-order valence-corrected chi connectivity index (χ0v) is 19.3. The van der Waals surface area contributed by atoms with Crippen LogP contribution in [0.1, 0.15) is 43.1 Å². The summed E-state index contributed by atoms with van der Waals surface area (Å²) in [5, 5.41) is 9.21. The Kier molecular flexibility index (Phi) is 7.06. The summed E-state index contributed by atoms with van der Waals surface area (Å²) in [4.78, 5) is 31.3. The van der Waals surface area contributed by atoms with Crippen LogP contribution in [0.15, 0.2) is 60.8 Å². The Morgan fingerprint density at radius 2 is 1.58 bits per heavy atom. The average Bonchev–Trinajstić information content (AvgIpc) is 3.15. The average molecular weight is 446 g/mol. The monoisotopic (exact) mass is 445 g/mol. The van der Waals surface area contributed by atoms with Crippen LogP contribution in [0, 0.1) is 13.8 Å². The smallest absolute Gasteiger partial charge is 0.271 e. The number of aliphatic hydroxyl groups excluding tert-OH is 1. The molecule has 2 aromatic carbocycles. The molecule has 1 N–H and O–H groups in total. The van der Waals surface area contributed by atoms with E-state index in [9.17, 15) is 14.7 Å². The van der Waals surface area contributed by atoms with Crippen molar-refractivity contribution in [2.75, 3.05) is 39.3 Å². The molecule has 1 saturated heterocycles. The van der Waals surface area contributed by atoms with Crippen molar-refractivity contribution in [1.82, 2.24) is 14.4 Å².